The van der Waals surface area contributed by atoms with E-state index in [0.717, 1.165) is 0 Å². The summed E-state index contributed by atoms with van der Waals surface area (Å²) in [5.74, 6) is 0. The smallest absolute Gasteiger partial charge is 0.283 e. The van der Waals surface area contributed by atoms with Gasteiger partial charge in [-0.15, -0.1) is 0 Å². The van der Waals surface area contributed by atoms with Crippen LogP contribution in [0.25, 0.3) is 0 Å². The Kier molecular flexibility index (Phi) is 4.76. The van der Waals surface area contributed by atoms with Gasteiger partial charge in [0.25, 0.3) is 0 Å². The van der Waals surface area contributed by atoms with Gasteiger partial charge in [-0.3, -0.25) is 4.81 Å². The first-order valence-electron chi connectivity index (χ1n) is 1.09. The fourth-order valence-corrected chi connectivity index (χ4v) is 0.0402. The standard InChI is InChI=1S/BH3O5/c1-3-5-6-4-2/h2H,1H2. The average molecular weight is 93.8 g/mol. The molecule has 0 heterocycles. The minimum absolute atomic E-state index is 1.19. The highest BCUT2D eigenvalue weighted by atomic mass is 17.7. The molecule has 0 radical (unpaired) electrons. The second-order valence-corrected chi connectivity index (χ2v) is 0.377. The molecule has 0 fully saturated rings. The zero-order valence-corrected chi connectivity index (χ0v) is 3.08. The first kappa shape index (κ1) is 5.86. The Bertz CT molecular complexity index is 15.9. The molecule has 6 heavy (non-hydrogen) atoms. The minimum atomic E-state index is 1.19. The lowest BCUT2D eigenvalue weighted by Gasteiger charge is -1.87. The van der Waals surface area contributed by atoms with Gasteiger partial charge < -0.3 is 0 Å². The molecule has 0 saturated carbocycles. The van der Waals surface area contributed by atoms with E-state index in [1.165, 1.54) is 8.05 Å². The van der Waals surface area contributed by atoms with E-state index in [0.29, 0.717) is 0 Å². The third-order valence-corrected chi connectivity index (χ3v) is 0.126. The molecule has 6 heteroatoms. The van der Waals surface area contributed by atoms with Crippen molar-refractivity contribution in [3.63, 3.8) is 0 Å². The molecule has 0 amide bonds. The van der Waals surface area contributed by atoms with Gasteiger partial charge in [-0.25, -0.2) is 5.26 Å². The number of hydrogen-bond donors (Lipinski definition) is 1. The highest BCUT2D eigenvalue weighted by Gasteiger charge is 1.75. The number of hydrogen-bond acceptors (Lipinski definition) is 5. The van der Waals surface area contributed by atoms with Crippen LogP contribution in [0.2, 0.25) is 0 Å². The largest absolute Gasteiger partial charge is 0.310 e. The van der Waals surface area contributed by atoms with Crippen molar-refractivity contribution in [1.29, 1.82) is 0 Å². The molecular formula is H3BO5. The normalized spacial score (nSPS) is 8.83. The van der Waals surface area contributed by atoms with Gasteiger partial charge in [0, 0.05) is 0 Å². The molecule has 1 N–H and O–H groups in total. The lowest BCUT2D eigenvalue weighted by Crippen LogP contribution is -1.90. The third kappa shape index (κ3) is 3.86. The summed E-state index contributed by atoms with van der Waals surface area (Å²) < 4.78 is 0. The number of rotatable bonds is 3. The Morgan fingerprint density at radius 1 is 1.33 bits per heavy atom. The molecule has 36 valence electrons. The summed E-state index contributed by atoms with van der Waals surface area (Å²) in [5, 5.41) is 17.0. The van der Waals surface area contributed by atoms with Crippen molar-refractivity contribution in [2.24, 2.45) is 0 Å². The fourth-order valence-electron chi connectivity index (χ4n) is 0.0402. The van der Waals surface area contributed by atoms with Crippen LogP contribution in [0.5, 0.6) is 0 Å². The molecule has 0 aliphatic rings. The van der Waals surface area contributed by atoms with Gasteiger partial charge in [0.05, 0.1) is 0 Å². The van der Waals surface area contributed by atoms with Gasteiger partial charge in [0.1, 0.15) is 0 Å². The van der Waals surface area contributed by atoms with Crippen molar-refractivity contribution in [2.45, 2.75) is 0 Å². The molecule has 0 aromatic carbocycles. The summed E-state index contributed by atoms with van der Waals surface area (Å²) in [4.78, 5) is 3.78. The second-order valence-electron chi connectivity index (χ2n) is 0.377. The topological polar surface area (TPSA) is 57.2 Å². The van der Waals surface area contributed by atoms with Crippen LogP contribution >= 0.6 is 0 Å². The van der Waals surface area contributed by atoms with Crippen molar-refractivity contribution < 1.29 is 25.2 Å². The van der Waals surface area contributed by atoms with E-state index in [4.69, 9.17) is 5.26 Å². The quantitative estimate of drug-likeness (QED) is 0.206. The van der Waals surface area contributed by atoms with Crippen LogP contribution in [0.1, 0.15) is 0 Å². The Morgan fingerprint density at radius 2 is 2.00 bits per heavy atom. The van der Waals surface area contributed by atoms with E-state index in [2.05, 4.69) is 19.9 Å². The predicted molar refractivity (Wildman–Crippen MR) is 15.5 cm³/mol. The Labute approximate surface area is 34.5 Å². The van der Waals surface area contributed by atoms with Crippen LogP contribution in [0.4, 0.5) is 0 Å². The average Bonchev–Trinajstić information content (AvgIpc) is 1.61. The fraction of sp³-hybridized carbons (Fsp3) is 0. The molecule has 0 atom stereocenters. The molecular weight excluding hydrogens is 90.8 g/mol. The van der Waals surface area contributed by atoms with Gasteiger partial charge >= 0.3 is 8.05 Å². The maximum absolute atomic E-state index is 7.27. The maximum Gasteiger partial charge on any atom is 0.310 e. The zero-order chi connectivity index (χ0) is 4.83. The van der Waals surface area contributed by atoms with Crippen molar-refractivity contribution in [3.05, 3.63) is 0 Å². The van der Waals surface area contributed by atoms with Gasteiger partial charge in [-0.05, 0) is 10.1 Å². The van der Waals surface area contributed by atoms with E-state index in [1.54, 1.807) is 0 Å². The minimum Gasteiger partial charge on any atom is -0.283 e. The van der Waals surface area contributed by atoms with E-state index in [-0.39, 0.29) is 0 Å². The van der Waals surface area contributed by atoms with E-state index >= 15 is 0 Å². The summed E-state index contributed by atoms with van der Waals surface area (Å²) in [6.45, 7) is 0. The molecule has 0 bridgehead atoms. The molecule has 0 spiro atoms. The SMILES string of the molecule is BOOOOO. The molecule has 5 nitrogen and oxygen atoms in total. The Hall–Kier alpha value is -0.135. The summed E-state index contributed by atoms with van der Waals surface area (Å²) in [6, 6.07) is 0. The van der Waals surface area contributed by atoms with E-state index < -0.39 is 0 Å². The highest BCUT2D eigenvalue weighted by molar-refractivity contribution is 5.97. The third-order valence-electron chi connectivity index (χ3n) is 0.126. The van der Waals surface area contributed by atoms with Crippen LogP contribution in [0.3, 0.4) is 0 Å². The summed E-state index contributed by atoms with van der Waals surface area (Å²) in [7, 11) is 1.19. The van der Waals surface area contributed by atoms with Gasteiger partial charge in [0.2, 0.25) is 0 Å². The Morgan fingerprint density at radius 3 is 2.17 bits per heavy atom. The lowest BCUT2D eigenvalue weighted by atomic mass is 10.6. The second kappa shape index (κ2) is 4.86. The van der Waals surface area contributed by atoms with Crippen molar-refractivity contribution >= 4 is 8.05 Å². The summed E-state index contributed by atoms with van der Waals surface area (Å²) >= 11 is 0. The van der Waals surface area contributed by atoms with Crippen molar-refractivity contribution in [3.8, 4) is 0 Å². The predicted octanol–water partition coefficient (Wildman–Crippen LogP) is -1.18. The first-order valence-corrected chi connectivity index (χ1v) is 1.09. The molecule has 0 aromatic heterocycles. The van der Waals surface area contributed by atoms with E-state index in [1.807, 2.05) is 0 Å². The molecule has 0 aromatic rings. The van der Waals surface area contributed by atoms with Gasteiger partial charge in [-0.1, -0.05) is 5.04 Å². The van der Waals surface area contributed by atoms with Gasteiger partial charge in [-0.2, -0.15) is 0 Å². The zero-order valence-electron chi connectivity index (χ0n) is 3.08. The molecule has 0 unspecified atom stereocenters. The van der Waals surface area contributed by atoms with Crippen molar-refractivity contribution in [2.75, 3.05) is 0 Å². The van der Waals surface area contributed by atoms with E-state index in [9.17, 15) is 0 Å². The maximum atomic E-state index is 7.27. The van der Waals surface area contributed by atoms with Crippen molar-refractivity contribution in [1.82, 2.24) is 0 Å². The highest BCUT2D eigenvalue weighted by Crippen LogP contribution is 1.71. The lowest BCUT2D eigenvalue weighted by molar-refractivity contribution is -0.685. The van der Waals surface area contributed by atoms with Crippen LogP contribution in [-0.4, -0.2) is 13.3 Å². The van der Waals surface area contributed by atoms with Crippen LogP contribution < -0.4 is 0 Å². The molecule has 0 saturated heterocycles. The van der Waals surface area contributed by atoms with Crippen LogP contribution in [0.15, 0.2) is 0 Å². The Balaban J connectivity index is 2.34. The first-order chi connectivity index (χ1) is 2.91. The summed E-state index contributed by atoms with van der Waals surface area (Å²) in [5.41, 5.74) is 0. The summed E-state index contributed by atoms with van der Waals surface area (Å²) in [6.07, 6.45) is 0. The van der Waals surface area contributed by atoms with Crippen LogP contribution in [0, 0.1) is 0 Å². The van der Waals surface area contributed by atoms with Gasteiger partial charge in [0.15, 0.2) is 0 Å². The van der Waals surface area contributed by atoms with Crippen LogP contribution in [-0.2, 0) is 19.9 Å². The molecule has 0 aliphatic carbocycles. The molecule has 0 rings (SSSR count). The monoisotopic (exact) mass is 94.0 g/mol. The molecule has 0 aliphatic heterocycles.